The van der Waals surface area contributed by atoms with Gasteiger partial charge < -0.3 is 21.3 Å². The van der Waals surface area contributed by atoms with Crippen molar-refractivity contribution in [3.05, 3.63) is 30.0 Å². The molecular weight excluding hydrogens is 330 g/mol. The van der Waals surface area contributed by atoms with Gasteiger partial charge in [-0.1, -0.05) is 0 Å². The number of nitrogens with zero attached hydrogens (tertiary/aromatic N) is 4. The lowest BCUT2D eigenvalue weighted by Crippen LogP contribution is -2.29. The highest BCUT2D eigenvalue weighted by atomic mass is 16.1. The van der Waals surface area contributed by atoms with Gasteiger partial charge in [-0.05, 0) is 56.4 Å². The minimum absolute atomic E-state index is 0.0721. The lowest BCUT2D eigenvalue weighted by atomic mass is 10.1. The van der Waals surface area contributed by atoms with Crippen LogP contribution >= 0.6 is 0 Å². The van der Waals surface area contributed by atoms with Crippen molar-refractivity contribution in [1.29, 1.82) is 0 Å². The summed E-state index contributed by atoms with van der Waals surface area (Å²) in [4.78, 5) is 18.3. The van der Waals surface area contributed by atoms with Gasteiger partial charge >= 0.3 is 0 Å². The molecule has 0 atom stereocenters. The van der Waals surface area contributed by atoms with Crippen LogP contribution in [0, 0.1) is 0 Å². The Morgan fingerprint density at radius 2 is 1.81 bits per heavy atom. The Balaban J connectivity index is 1.48. The second kappa shape index (κ2) is 7.15. The molecule has 0 radical (unpaired) electrons. The van der Waals surface area contributed by atoms with Crippen molar-refractivity contribution in [2.75, 3.05) is 28.6 Å². The highest BCUT2D eigenvalue weighted by molar-refractivity contribution is 5.95. The number of benzene rings is 1. The summed E-state index contributed by atoms with van der Waals surface area (Å²) in [5, 5.41) is 14.2. The summed E-state index contributed by atoms with van der Waals surface area (Å²) in [7, 11) is 0. The van der Waals surface area contributed by atoms with Crippen molar-refractivity contribution in [2.24, 2.45) is 5.73 Å². The Labute approximate surface area is 152 Å². The first-order valence-electron chi connectivity index (χ1n) is 9.12. The van der Waals surface area contributed by atoms with Gasteiger partial charge in [-0.25, -0.2) is 0 Å². The largest absolute Gasteiger partial charge is 0.372 e. The number of piperidine rings is 1. The van der Waals surface area contributed by atoms with E-state index in [1.54, 1.807) is 0 Å². The highest BCUT2D eigenvalue weighted by Gasteiger charge is 2.25. The van der Waals surface area contributed by atoms with Crippen LogP contribution in [0.5, 0.6) is 0 Å². The molecule has 26 heavy (non-hydrogen) atoms. The molecule has 1 amide bonds. The molecule has 1 aromatic carbocycles. The fraction of sp³-hybridized carbons (Fsp3) is 0.444. The number of carbonyl (C=O) groups excluding carboxylic acids is 1. The average Bonchev–Trinajstić information content (AvgIpc) is 3.47. The molecule has 1 aliphatic carbocycles. The first kappa shape index (κ1) is 16.6. The van der Waals surface area contributed by atoms with Crippen molar-refractivity contribution in [3.8, 4) is 0 Å². The SMILES string of the molecule is NC(=O)c1nnc(Nc2ccc(N3CCCCC3)cc2)nc1NC1CC1. The summed E-state index contributed by atoms with van der Waals surface area (Å²) in [5.74, 6) is 0.0943. The van der Waals surface area contributed by atoms with Gasteiger partial charge in [0, 0.05) is 30.5 Å². The molecule has 8 heteroatoms. The molecule has 4 rings (SSSR count). The normalized spacial score (nSPS) is 17.0. The number of aromatic nitrogens is 3. The number of amides is 1. The molecule has 1 saturated heterocycles. The number of nitrogens with two attached hydrogens (primary N) is 1. The molecule has 2 aliphatic rings. The van der Waals surface area contributed by atoms with Crippen molar-refractivity contribution < 1.29 is 4.79 Å². The molecule has 1 saturated carbocycles. The molecule has 0 unspecified atom stereocenters. The molecule has 2 aromatic rings. The van der Waals surface area contributed by atoms with Gasteiger partial charge in [0.1, 0.15) is 0 Å². The van der Waals surface area contributed by atoms with Crippen molar-refractivity contribution >= 4 is 29.0 Å². The Kier molecular flexibility index (Phi) is 4.55. The zero-order chi connectivity index (χ0) is 17.9. The van der Waals surface area contributed by atoms with E-state index in [-0.39, 0.29) is 5.69 Å². The van der Waals surface area contributed by atoms with Crippen LogP contribution in [0.3, 0.4) is 0 Å². The van der Waals surface area contributed by atoms with E-state index in [4.69, 9.17) is 5.73 Å². The van der Waals surface area contributed by atoms with Crippen LogP contribution in [0.15, 0.2) is 24.3 Å². The summed E-state index contributed by atoms with van der Waals surface area (Å²) in [5.41, 5.74) is 7.53. The number of hydrogen-bond acceptors (Lipinski definition) is 7. The predicted octanol–water partition coefficient (Wildman–Crippen LogP) is 2.28. The third-order valence-corrected chi connectivity index (χ3v) is 4.68. The Hall–Kier alpha value is -2.90. The first-order chi connectivity index (χ1) is 12.7. The molecule has 1 aromatic heterocycles. The second-order valence-electron chi connectivity index (χ2n) is 6.84. The third kappa shape index (κ3) is 3.84. The summed E-state index contributed by atoms with van der Waals surface area (Å²) >= 11 is 0. The van der Waals surface area contributed by atoms with Crippen LogP contribution < -0.4 is 21.3 Å². The lowest BCUT2D eigenvalue weighted by Gasteiger charge is -2.28. The maximum Gasteiger partial charge on any atom is 0.273 e. The molecule has 8 nitrogen and oxygen atoms in total. The number of anilines is 4. The lowest BCUT2D eigenvalue weighted by molar-refractivity contribution is 0.0995. The van der Waals surface area contributed by atoms with E-state index >= 15 is 0 Å². The number of nitrogens with one attached hydrogen (secondary N) is 2. The number of primary amides is 1. The van der Waals surface area contributed by atoms with Crippen LogP contribution in [0.4, 0.5) is 23.1 Å². The standard InChI is InChI=1S/C18H23N7O/c19-16(26)15-17(20-12-4-5-12)22-18(24-23-15)21-13-6-8-14(9-7-13)25-10-2-1-3-11-25/h6-9,12H,1-5,10-11H2,(H2,19,26)(H2,20,21,22,24). The van der Waals surface area contributed by atoms with E-state index in [1.807, 2.05) is 12.1 Å². The fourth-order valence-corrected chi connectivity index (χ4v) is 3.10. The van der Waals surface area contributed by atoms with Gasteiger partial charge in [-0.15, -0.1) is 10.2 Å². The van der Waals surface area contributed by atoms with E-state index in [2.05, 4.69) is 42.8 Å². The van der Waals surface area contributed by atoms with Crippen LogP contribution in [-0.2, 0) is 0 Å². The smallest absolute Gasteiger partial charge is 0.273 e. The molecule has 4 N–H and O–H groups in total. The van der Waals surface area contributed by atoms with Gasteiger partial charge in [0.05, 0.1) is 0 Å². The van der Waals surface area contributed by atoms with E-state index in [9.17, 15) is 4.79 Å². The van der Waals surface area contributed by atoms with Crippen molar-refractivity contribution in [1.82, 2.24) is 15.2 Å². The molecule has 0 spiro atoms. The average molecular weight is 353 g/mol. The summed E-state index contributed by atoms with van der Waals surface area (Å²) in [6.45, 7) is 2.23. The topological polar surface area (TPSA) is 109 Å². The van der Waals surface area contributed by atoms with Crippen LogP contribution in [0.25, 0.3) is 0 Å². The van der Waals surface area contributed by atoms with Crippen LogP contribution in [0.2, 0.25) is 0 Å². The maximum absolute atomic E-state index is 11.5. The minimum Gasteiger partial charge on any atom is -0.372 e. The third-order valence-electron chi connectivity index (χ3n) is 4.68. The fourth-order valence-electron chi connectivity index (χ4n) is 3.10. The summed E-state index contributed by atoms with van der Waals surface area (Å²) < 4.78 is 0. The Bertz CT molecular complexity index is 783. The van der Waals surface area contributed by atoms with Crippen LogP contribution in [0.1, 0.15) is 42.6 Å². The monoisotopic (exact) mass is 353 g/mol. The Morgan fingerprint density at radius 3 is 2.46 bits per heavy atom. The minimum atomic E-state index is -0.634. The molecule has 2 fully saturated rings. The van der Waals surface area contributed by atoms with Crippen LogP contribution in [-0.4, -0.2) is 40.2 Å². The number of carbonyl (C=O) groups is 1. The van der Waals surface area contributed by atoms with Crippen molar-refractivity contribution in [2.45, 2.75) is 38.1 Å². The molecule has 136 valence electrons. The molecule has 1 aliphatic heterocycles. The maximum atomic E-state index is 11.5. The van der Waals surface area contributed by atoms with Gasteiger partial charge in [0.25, 0.3) is 5.91 Å². The second-order valence-corrected chi connectivity index (χ2v) is 6.84. The van der Waals surface area contributed by atoms with E-state index in [1.165, 1.54) is 24.9 Å². The van der Waals surface area contributed by atoms with Crippen molar-refractivity contribution in [3.63, 3.8) is 0 Å². The quantitative estimate of drug-likeness (QED) is 0.731. The Morgan fingerprint density at radius 1 is 1.08 bits per heavy atom. The zero-order valence-electron chi connectivity index (χ0n) is 14.6. The first-order valence-corrected chi connectivity index (χ1v) is 9.12. The van der Waals surface area contributed by atoms with Gasteiger partial charge in [-0.3, -0.25) is 4.79 Å². The van der Waals surface area contributed by atoms with E-state index in [0.29, 0.717) is 17.8 Å². The molecular formula is C18H23N7O. The number of hydrogen-bond donors (Lipinski definition) is 3. The summed E-state index contributed by atoms with van der Waals surface area (Å²) in [6, 6.07) is 8.54. The van der Waals surface area contributed by atoms with E-state index < -0.39 is 5.91 Å². The molecule has 0 bridgehead atoms. The molecule has 2 heterocycles. The number of rotatable bonds is 6. The van der Waals surface area contributed by atoms with Gasteiger partial charge in [0.2, 0.25) is 5.95 Å². The zero-order valence-corrected chi connectivity index (χ0v) is 14.6. The van der Waals surface area contributed by atoms with E-state index in [0.717, 1.165) is 31.6 Å². The highest BCUT2D eigenvalue weighted by Crippen LogP contribution is 2.26. The van der Waals surface area contributed by atoms with Gasteiger partial charge in [0.15, 0.2) is 11.5 Å². The summed E-state index contributed by atoms with van der Waals surface area (Å²) in [6.07, 6.45) is 5.94. The predicted molar refractivity (Wildman–Crippen MR) is 101 cm³/mol. The van der Waals surface area contributed by atoms with Gasteiger partial charge in [-0.2, -0.15) is 4.98 Å².